The molecule has 0 heterocycles. The minimum absolute atomic E-state index is 0.0103. The van der Waals surface area contributed by atoms with Crippen LogP contribution in [-0.2, 0) is 47.4 Å². The van der Waals surface area contributed by atoms with Crippen LogP contribution in [0.1, 0.15) is 64.7 Å². The number of aldehydes is 1. The summed E-state index contributed by atoms with van der Waals surface area (Å²) in [6, 6.07) is -9.67. The van der Waals surface area contributed by atoms with Crippen LogP contribution in [0.25, 0.3) is 0 Å². The number of unbranched alkanes of at least 4 members (excludes halogenated alkanes) is 1. The van der Waals surface area contributed by atoms with Crippen LogP contribution in [-0.4, -0.2) is 144 Å². The molecule has 0 aromatic heterocycles. The van der Waals surface area contributed by atoms with Crippen LogP contribution in [0.4, 0.5) is 0 Å². The van der Waals surface area contributed by atoms with Gasteiger partial charge in [-0.2, -0.15) is 12.6 Å². The number of thiol groups is 1. The molecule has 0 unspecified atom stereocenters. The maximum Gasteiger partial charge on any atom is 0.469 e. The summed E-state index contributed by atoms with van der Waals surface area (Å²) in [7, 11) is -5.25. The molecule has 0 saturated heterocycles. The van der Waals surface area contributed by atoms with Gasteiger partial charge in [0.25, 0.3) is 0 Å². The zero-order chi connectivity index (χ0) is 46.7. The number of hydrogen-bond acceptors (Lipinski definition) is 15. The smallest absolute Gasteiger partial charge is 0.370 e. The average molecular weight is 912 g/mol. The molecule has 61 heavy (non-hydrogen) atoms. The van der Waals surface area contributed by atoms with Crippen LogP contribution < -0.4 is 72.0 Å². The Kier molecular flexibility index (Phi) is 27.5. The molecule has 0 aliphatic carbocycles. The van der Waals surface area contributed by atoms with Gasteiger partial charge in [-0.25, -0.2) is 4.57 Å². The summed E-state index contributed by atoms with van der Waals surface area (Å²) in [5.74, 6) is -7.17. The van der Waals surface area contributed by atoms with Gasteiger partial charge >= 0.3 is 7.82 Å². The first-order valence-electron chi connectivity index (χ1n) is 19.0. The highest BCUT2D eigenvalue weighted by molar-refractivity contribution is 7.80. The quantitative estimate of drug-likeness (QED) is 0.00744. The lowest BCUT2D eigenvalue weighted by Crippen LogP contribution is -2.60. The molecule has 27 nitrogen and oxygen atoms in total. The monoisotopic (exact) mass is 911 g/mol. The van der Waals surface area contributed by atoms with Crippen molar-refractivity contribution in [2.75, 3.05) is 32.0 Å². The summed E-state index contributed by atoms with van der Waals surface area (Å²) in [5.41, 5.74) is 38.0. The predicted molar refractivity (Wildman–Crippen MR) is 224 cm³/mol. The van der Waals surface area contributed by atoms with E-state index in [1.165, 1.54) is 6.92 Å². The summed E-state index contributed by atoms with van der Waals surface area (Å²) in [4.78, 5) is 129. The zero-order valence-corrected chi connectivity index (χ0v) is 35.6. The number of phosphoric acid groups is 1. The van der Waals surface area contributed by atoms with Crippen LogP contribution >= 0.6 is 20.5 Å². The number of hydrogen-bond donors (Lipinski definition) is 16. The van der Waals surface area contributed by atoms with Gasteiger partial charge in [0.15, 0.2) is 11.9 Å². The van der Waals surface area contributed by atoms with Crippen LogP contribution in [0.2, 0.25) is 0 Å². The molecular formula is C32H62N15O12PS. The number of nitrogens with zero attached hydrogens (tertiary/aromatic N) is 2. The molecule has 29 heteroatoms. The Balaban J connectivity index is 6.56. The molecule has 7 atom stereocenters. The van der Waals surface area contributed by atoms with Crippen molar-refractivity contribution in [3.8, 4) is 0 Å². The van der Waals surface area contributed by atoms with E-state index < -0.39 is 98.1 Å². The normalized spacial score (nSPS) is 14.5. The van der Waals surface area contributed by atoms with Gasteiger partial charge < -0.3 is 86.6 Å². The van der Waals surface area contributed by atoms with E-state index in [4.69, 9.17) is 40.1 Å². The van der Waals surface area contributed by atoms with Crippen molar-refractivity contribution in [2.45, 2.75) is 107 Å². The zero-order valence-electron chi connectivity index (χ0n) is 33.8. The Hall–Kier alpha value is -5.12. The van der Waals surface area contributed by atoms with Crippen LogP contribution in [0, 0.1) is 0 Å². The van der Waals surface area contributed by atoms with Gasteiger partial charge in [0, 0.05) is 25.3 Å². The van der Waals surface area contributed by atoms with Crippen molar-refractivity contribution < 1.29 is 57.2 Å². The lowest BCUT2D eigenvalue weighted by molar-refractivity contribution is -0.135. The van der Waals surface area contributed by atoms with E-state index in [1.54, 1.807) is 0 Å². The molecule has 348 valence electrons. The topological polar surface area (TPSA) is 482 Å². The van der Waals surface area contributed by atoms with Crippen molar-refractivity contribution in [1.82, 2.24) is 31.9 Å². The Labute approximate surface area is 357 Å². The summed E-state index contributed by atoms with van der Waals surface area (Å²) >= 11 is 4.04. The Morgan fingerprint density at radius 2 is 1.07 bits per heavy atom. The highest BCUT2D eigenvalue weighted by Gasteiger charge is 2.34. The van der Waals surface area contributed by atoms with E-state index in [-0.39, 0.29) is 88.7 Å². The van der Waals surface area contributed by atoms with Crippen molar-refractivity contribution in [1.29, 1.82) is 0 Å². The highest BCUT2D eigenvalue weighted by Crippen LogP contribution is 2.35. The fourth-order valence-electron chi connectivity index (χ4n) is 5.00. The number of rotatable bonds is 32. The first-order valence-corrected chi connectivity index (χ1v) is 21.1. The minimum atomic E-state index is -5.25. The number of nitrogens with two attached hydrogens (primary N) is 7. The molecule has 0 bridgehead atoms. The molecule has 0 saturated carbocycles. The summed E-state index contributed by atoms with van der Waals surface area (Å²) in [5, 5.41) is 14.4. The summed E-state index contributed by atoms with van der Waals surface area (Å²) in [6.45, 7) is 0.565. The van der Waals surface area contributed by atoms with Gasteiger partial charge in [0.05, 0.1) is 18.7 Å². The fourth-order valence-corrected chi connectivity index (χ4v) is 5.60. The molecule has 0 aliphatic rings. The van der Waals surface area contributed by atoms with Crippen molar-refractivity contribution in [2.24, 2.45) is 50.1 Å². The third-order valence-corrected chi connectivity index (χ3v) is 9.05. The van der Waals surface area contributed by atoms with Gasteiger partial charge in [0.1, 0.15) is 36.5 Å². The van der Waals surface area contributed by atoms with Gasteiger partial charge in [-0.1, -0.05) is 0 Å². The average Bonchev–Trinajstić information content (AvgIpc) is 3.17. The number of carbonyl (C=O) groups is 8. The highest BCUT2D eigenvalue weighted by atomic mass is 32.1. The molecule has 0 rings (SSSR count). The predicted octanol–water partition coefficient (Wildman–Crippen LogP) is -7.02. The first kappa shape index (κ1) is 55.9. The van der Waals surface area contributed by atoms with E-state index in [0.717, 1.165) is 0 Å². The Morgan fingerprint density at radius 1 is 0.656 bits per heavy atom. The molecule has 0 fully saturated rings. The second kappa shape index (κ2) is 30.0. The lowest BCUT2D eigenvalue weighted by Gasteiger charge is -2.27. The van der Waals surface area contributed by atoms with Crippen LogP contribution in [0.15, 0.2) is 9.98 Å². The number of aliphatic imine (C=N–C) groups is 2. The Morgan fingerprint density at radius 3 is 1.46 bits per heavy atom. The van der Waals surface area contributed by atoms with E-state index in [2.05, 4.69) is 59.0 Å². The van der Waals surface area contributed by atoms with Crippen LogP contribution in [0.3, 0.4) is 0 Å². The van der Waals surface area contributed by atoms with E-state index >= 15 is 0 Å². The van der Waals surface area contributed by atoms with Gasteiger partial charge in [-0.05, 0) is 64.8 Å². The Bertz CT molecular complexity index is 1580. The molecule has 0 spiro atoms. The van der Waals surface area contributed by atoms with E-state index in [9.17, 15) is 52.7 Å². The molecule has 0 aromatic carbocycles. The number of guanidine groups is 2. The second-order valence-electron chi connectivity index (χ2n) is 13.5. The number of phosphoric ester groups is 1. The number of primary amides is 1. The van der Waals surface area contributed by atoms with Crippen molar-refractivity contribution in [3.63, 3.8) is 0 Å². The number of carbonyl (C=O) groups excluding carboxylic acids is 8. The maximum atomic E-state index is 13.9. The van der Waals surface area contributed by atoms with Crippen molar-refractivity contribution >= 4 is 80.0 Å². The first-order chi connectivity index (χ1) is 28.5. The molecule has 0 radical (unpaired) electrons. The van der Waals surface area contributed by atoms with Crippen molar-refractivity contribution in [3.05, 3.63) is 0 Å². The van der Waals surface area contributed by atoms with Crippen LogP contribution in [0.5, 0.6) is 0 Å². The molecular weight excluding hydrogens is 849 g/mol. The standard InChI is InChI=1S/C32H62N15O12PS/c1-17(34)25(50)43-20(7-4-12-40-31(36)37)26(51)45-21(8-5-13-41-32(38)39)27(52)44-19(6-2-3-11-33)28(53)46-22(15-59-60(56,57)58)29(54)47-23(16-61)30(55)42-18(14-48)9-10-24(35)49/h14,17-23,61H,2-13,15-16,33-34H2,1H3,(H2,35,49)(H,42,55)(H,43,50)(H,44,52)(H,45,51)(H,46,53)(H,47,54)(H4,36,37,40)(H4,38,39,41)(H2,56,57,58)/t17-,18-,19-,20-,21-,22-,23-/m0/s1. The maximum absolute atomic E-state index is 13.9. The van der Waals surface area contributed by atoms with Gasteiger partial charge in [-0.3, -0.25) is 48.1 Å². The number of amides is 7. The lowest BCUT2D eigenvalue weighted by atomic mass is 10.0. The van der Waals surface area contributed by atoms with Gasteiger partial charge in [0.2, 0.25) is 41.4 Å². The molecule has 0 aliphatic heterocycles. The third-order valence-electron chi connectivity index (χ3n) is 8.20. The van der Waals surface area contributed by atoms with E-state index in [1.807, 2.05) is 0 Å². The number of nitrogens with one attached hydrogen (secondary N) is 6. The molecule has 7 amide bonds. The summed E-state index contributed by atoms with van der Waals surface area (Å²) < 4.78 is 16.1. The third kappa shape index (κ3) is 26.0. The van der Waals surface area contributed by atoms with Gasteiger partial charge in [-0.15, -0.1) is 0 Å². The fraction of sp³-hybridized carbons (Fsp3) is 0.688. The summed E-state index contributed by atoms with van der Waals surface area (Å²) in [6.07, 6.45) is 0.685. The van der Waals surface area contributed by atoms with E-state index in [0.29, 0.717) is 12.7 Å². The molecule has 22 N–H and O–H groups in total. The largest absolute Gasteiger partial charge is 0.469 e. The second-order valence-corrected chi connectivity index (χ2v) is 15.1. The molecule has 0 aromatic rings. The SMILES string of the molecule is C[C@H](N)C(=O)N[C@@H](CCCN=C(N)N)C(=O)N[C@@H](CCCN=C(N)N)C(=O)N[C@@H](CCCCN)C(=O)N[C@@H](COP(=O)(O)O)C(=O)N[C@@H](CS)C(=O)N[C@H](C=O)CCC(N)=O. The minimum Gasteiger partial charge on any atom is -0.370 e.